The number of hydrogen-bond donors (Lipinski definition) is 2. The second kappa shape index (κ2) is 3.88. The number of hydrogen-bond acceptors (Lipinski definition) is 3. The fraction of sp³-hybridized carbons (Fsp3) is 0.455. The van der Waals surface area contributed by atoms with Crippen molar-refractivity contribution < 1.29 is 0 Å². The maximum absolute atomic E-state index is 7.46. The van der Waals surface area contributed by atoms with E-state index in [-0.39, 0.29) is 5.84 Å². The molecular weight excluding hydrogens is 188 g/mol. The third kappa shape index (κ3) is 2.26. The zero-order chi connectivity index (χ0) is 10.8. The Labute approximate surface area is 89.6 Å². The molecule has 1 heterocycles. The molecule has 0 radical (unpaired) electrons. The zero-order valence-electron chi connectivity index (χ0n) is 8.90. The van der Waals surface area contributed by atoms with Gasteiger partial charge >= 0.3 is 0 Å². The minimum atomic E-state index is 0.0354. The molecule has 1 aromatic heterocycles. The van der Waals surface area contributed by atoms with Gasteiger partial charge in [-0.15, -0.1) is 0 Å². The first-order valence-corrected chi connectivity index (χ1v) is 5.19. The summed E-state index contributed by atoms with van der Waals surface area (Å²) in [5.41, 5.74) is 7.03. The smallest absolute Gasteiger partial charge is 0.143 e. The van der Waals surface area contributed by atoms with Crippen molar-refractivity contribution in [3.05, 3.63) is 24.0 Å². The highest BCUT2D eigenvalue weighted by Crippen LogP contribution is 2.31. The summed E-state index contributed by atoms with van der Waals surface area (Å²) in [6.45, 7) is 1.03. The molecule has 0 amide bonds. The molecule has 15 heavy (non-hydrogen) atoms. The van der Waals surface area contributed by atoms with Crippen LogP contribution < -0.4 is 10.6 Å². The van der Waals surface area contributed by atoms with Crippen LogP contribution in [0.2, 0.25) is 0 Å². The quantitative estimate of drug-likeness (QED) is 0.572. The van der Waals surface area contributed by atoms with Crippen LogP contribution in [0.5, 0.6) is 0 Å². The number of nitrogens with two attached hydrogens (primary N) is 1. The third-order valence-corrected chi connectivity index (χ3v) is 2.68. The van der Waals surface area contributed by atoms with E-state index in [1.54, 1.807) is 6.20 Å². The Hall–Kier alpha value is -1.58. The van der Waals surface area contributed by atoms with Crippen molar-refractivity contribution in [2.75, 3.05) is 18.5 Å². The van der Waals surface area contributed by atoms with Gasteiger partial charge in [0.1, 0.15) is 11.5 Å². The molecule has 4 heteroatoms. The third-order valence-electron chi connectivity index (χ3n) is 2.68. The standard InChI is InChI=1S/C11H16N4/c1-15(7-8-4-5-8)9-3-2-6-14-10(9)11(12)13/h2-3,6,8H,4-5,7H2,1H3,(H3,12,13). The van der Waals surface area contributed by atoms with Crippen molar-refractivity contribution in [2.45, 2.75) is 12.8 Å². The van der Waals surface area contributed by atoms with Gasteiger partial charge in [-0.2, -0.15) is 0 Å². The molecule has 0 saturated heterocycles. The minimum absolute atomic E-state index is 0.0354. The second-order valence-corrected chi connectivity index (χ2v) is 4.11. The highest BCUT2D eigenvalue weighted by atomic mass is 15.1. The van der Waals surface area contributed by atoms with E-state index >= 15 is 0 Å². The van der Waals surface area contributed by atoms with Crippen LogP contribution in [-0.2, 0) is 0 Å². The van der Waals surface area contributed by atoms with Crippen molar-refractivity contribution >= 4 is 11.5 Å². The van der Waals surface area contributed by atoms with Crippen LogP contribution in [-0.4, -0.2) is 24.4 Å². The molecule has 3 N–H and O–H groups in total. The lowest BCUT2D eigenvalue weighted by Gasteiger charge is -2.20. The Kier molecular flexibility index (Phi) is 2.58. The van der Waals surface area contributed by atoms with Crippen molar-refractivity contribution in [1.29, 1.82) is 5.41 Å². The number of rotatable bonds is 4. The average molecular weight is 204 g/mol. The monoisotopic (exact) mass is 204 g/mol. The summed E-state index contributed by atoms with van der Waals surface area (Å²) in [6, 6.07) is 3.84. The summed E-state index contributed by atoms with van der Waals surface area (Å²) in [6.07, 6.45) is 4.31. The van der Waals surface area contributed by atoms with Crippen LogP contribution in [0.3, 0.4) is 0 Å². The number of nitrogens with zero attached hydrogens (tertiary/aromatic N) is 2. The van der Waals surface area contributed by atoms with E-state index in [4.69, 9.17) is 11.1 Å². The van der Waals surface area contributed by atoms with Gasteiger partial charge in [0.05, 0.1) is 5.69 Å². The van der Waals surface area contributed by atoms with E-state index < -0.39 is 0 Å². The molecule has 0 aromatic carbocycles. The fourth-order valence-electron chi connectivity index (χ4n) is 1.70. The van der Waals surface area contributed by atoms with Crippen molar-refractivity contribution in [3.63, 3.8) is 0 Å². The lowest BCUT2D eigenvalue weighted by Crippen LogP contribution is -2.25. The van der Waals surface area contributed by atoms with Gasteiger partial charge < -0.3 is 10.6 Å². The molecule has 0 spiro atoms. The largest absolute Gasteiger partial charge is 0.382 e. The van der Waals surface area contributed by atoms with Crippen molar-refractivity contribution in [1.82, 2.24) is 4.98 Å². The van der Waals surface area contributed by atoms with E-state index in [9.17, 15) is 0 Å². The van der Waals surface area contributed by atoms with Gasteiger partial charge in [-0.3, -0.25) is 10.4 Å². The summed E-state index contributed by atoms with van der Waals surface area (Å²) in [4.78, 5) is 6.28. The normalized spacial score (nSPS) is 15.0. The van der Waals surface area contributed by atoms with Gasteiger partial charge in [0.2, 0.25) is 0 Å². The van der Waals surface area contributed by atoms with E-state index in [1.807, 2.05) is 19.2 Å². The molecule has 1 saturated carbocycles. The van der Waals surface area contributed by atoms with E-state index in [1.165, 1.54) is 12.8 Å². The van der Waals surface area contributed by atoms with Crippen LogP contribution in [0.15, 0.2) is 18.3 Å². The van der Waals surface area contributed by atoms with Gasteiger partial charge in [0, 0.05) is 19.8 Å². The highest BCUT2D eigenvalue weighted by molar-refractivity contribution is 5.98. The molecular formula is C11H16N4. The van der Waals surface area contributed by atoms with E-state index in [0.29, 0.717) is 5.69 Å². The first kappa shape index (κ1) is 9.96. The molecule has 0 unspecified atom stereocenters. The average Bonchev–Trinajstić information content (AvgIpc) is 3.01. The van der Waals surface area contributed by atoms with Gasteiger partial charge in [-0.25, -0.2) is 0 Å². The summed E-state index contributed by atoms with van der Waals surface area (Å²) in [7, 11) is 2.03. The van der Waals surface area contributed by atoms with E-state index in [2.05, 4.69) is 9.88 Å². The zero-order valence-corrected chi connectivity index (χ0v) is 8.90. The van der Waals surface area contributed by atoms with Crippen molar-refractivity contribution in [3.8, 4) is 0 Å². The molecule has 1 aliphatic rings. The summed E-state index contributed by atoms with van der Waals surface area (Å²) >= 11 is 0. The van der Waals surface area contributed by atoms with Crippen LogP contribution >= 0.6 is 0 Å². The highest BCUT2D eigenvalue weighted by Gasteiger charge is 2.24. The Morgan fingerprint density at radius 1 is 1.67 bits per heavy atom. The number of aromatic nitrogens is 1. The molecule has 80 valence electrons. The lowest BCUT2D eigenvalue weighted by atomic mass is 10.2. The molecule has 1 aliphatic carbocycles. The minimum Gasteiger partial charge on any atom is -0.382 e. The van der Waals surface area contributed by atoms with Crippen molar-refractivity contribution in [2.24, 2.45) is 11.7 Å². The lowest BCUT2D eigenvalue weighted by molar-refractivity contribution is 0.785. The Bertz CT molecular complexity index is 371. The molecule has 2 rings (SSSR count). The predicted octanol–water partition coefficient (Wildman–Crippen LogP) is 1.21. The number of anilines is 1. The van der Waals surface area contributed by atoms with Gasteiger partial charge in [-0.05, 0) is 30.9 Å². The van der Waals surface area contributed by atoms with Gasteiger partial charge in [0.15, 0.2) is 0 Å². The molecule has 4 nitrogen and oxygen atoms in total. The summed E-state index contributed by atoms with van der Waals surface area (Å²) in [5, 5.41) is 7.46. The summed E-state index contributed by atoms with van der Waals surface area (Å²) in [5.74, 6) is 0.850. The fourth-order valence-corrected chi connectivity index (χ4v) is 1.70. The van der Waals surface area contributed by atoms with Crippen LogP contribution in [0.4, 0.5) is 5.69 Å². The van der Waals surface area contributed by atoms with Crippen LogP contribution in [0.25, 0.3) is 0 Å². The maximum atomic E-state index is 7.46. The molecule has 1 aromatic rings. The SMILES string of the molecule is CN(CC1CC1)c1cccnc1C(=N)N. The number of nitrogen functional groups attached to an aromatic ring is 1. The second-order valence-electron chi connectivity index (χ2n) is 4.11. The first-order valence-electron chi connectivity index (χ1n) is 5.19. The number of nitrogens with one attached hydrogen (secondary N) is 1. The predicted molar refractivity (Wildman–Crippen MR) is 61.2 cm³/mol. The number of pyridine rings is 1. The molecule has 0 atom stereocenters. The molecule has 0 bridgehead atoms. The first-order chi connectivity index (χ1) is 7.18. The topological polar surface area (TPSA) is 66.0 Å². The Balaban J connectivity index is 2.20. The Morgan fingerprint density at radius 3 is 3.00 bits per heavy atom. The van der Waals surface area contributed by atoms with Crippen LogP contribution in [0.1, 0.15) is 18.5 Å². The van der Waals surface area contributed by atoms with Gasteiger partial charge in [-0.1, -0.05) is 0 Å². The number of amidine groups is 1. The summed E-state index contributed by atoms with van der Waals surface area (Å²) < 4.78 is 0. The van der Waals surface area contributed by atoms with Gasteiger partial charge in [0.25, 0.3) is 0 Å². The molecule has 1 fully saturated rings. The Morgan fingerprint density at radius 2 is 2.40 bits per heavy atom. The molecule has 0 aliphatic heterocycles. The van der Waals surface area contributed by atoms with E-state index in [0.717, 1.165) is 18.2 Å². The van der Waals surface area contributed by atoms with Crippen LogP contribution in [0, 0.1) is 11.3 Å². The maximum Gasteiger partial charge on any atom is 0.143 e.